The van der Waals surface area contributed by atoms with Crippen LogP contribution in [0, 0.1) is 0 Å². The molecule has 0 N–H and O–H groups in total. The lowest BCUT2D eigenvalue weighted by molar-refractivity contribution is 0.660. The number of allylic oxidation sites excluding steroid dienone is 1. The third-order valence-corrected chi connectivity index (χ3v) is 12.3. The Hall–Kier alpha value is -6.29. The summed E-state index contributed by atoms with van der Waals surface area (Å²) in [5.74, 6) is 0. The van der Waals surface area contributed by atoms with Crippen LogP contribution < -0.4 is 0 Å². The lowest BCUT2D eigenvalue weighted by Gasteiger charge is -2.22. The van der Waals surface area contributed by atoms with Crippen molar-refractivity contribution in [1.29, 1.82) is 0 Å². The highest BCUT2D eigenvalue weighted by Crippen LogP contribution is 2.50. The van der Waals surface area contributed by atoms with E-state index in [1.807, 2.05) is 12.1 Å². The van der Waals surface area contributed by atoms with Gasteiger partial charge in [0, 0.05) is 37.4 Å². The number of fused-ring (bicyclic) bond motifs is 9. The van der Waals surface area contributed by atoms with E-state index in [2.05, 4.69) is 167 Å². The number of hydrogen-bond donors (Lipinski definition) is 0. The summed E-state index contributed by atoms with van der Waals surface area (Å²) < 4.78 is 8.11. The molecule has 2 aromatic heterocycles. The van der Waals surface area contributed by atoms with Crippen LogP contribution in [0.5, 0.6) is 0 Å². The number of hydrogen-bond acceptors (Lipinski definition) is 3. The largest absolute Gasteiger partial charge is 0.455 e. The fourth-order valence-corrected chi connectivity index (χ4v) is 9.56. The van der Waals surface area contributed by atoms with Crippen molar-refractivity contribution < 1.29 is 4.42 Å². The van der Waals surface area contributed by atoms with E-state index in [-0.39, 0.29) is 5.41 Å². The highest BCUT2D eigenvalue weighted by Gasteiger charge is 2.35. The zero-order valence-corrected chi connectivity index (χ0v) is 30.4. The lowest BCUT2D eigenvalue weighted by Crippen LogP contribution is -2.14. The number of nitrogens with zero attached hydrogens (tertiary/aromatic N) is 1. The Morgan fingerprint density at radius 2 is 1.34 bits per heavy atom. The molecule has 0 saturated carbocycles. The van der Waals surface area contributed by atoms with Crippen LogP contribution in [0.1, 0.15) is 41.0 Å². The zero-order chi connectivity index (χ0) is 35.8. The summed E-state index contributed by atoms with van der Waals surface area (Å²) in [6.45, 7) is 13.5. The van der Waals surface area contributed by atoms with Gasteiger partial charge in [0.05, 0.1) is 16.3 Å². The lowest BCUT2D eigenvalue weighted by atomic mass is 9.81. The topological polar surface area (TPSA) is 25.5 Å². The normalized spacial score (nSPS) is 13.5. The number of aliphatic imine (C=N–C) groups is 1. The minimum Gasteiger partial charge on any atom is -0.455 e. The quantitative estimate of drug-likeness (QED) is 0.159. The Morgan fingerprint density at radius 1 is 0.660 bits per heavy atom. The second kappa shape index (κ2) is 11.9. The van der Waals surface area contributed by atoms with E-state index >= 15 is 0 Å². The second-order valence-corrected chi connectivity index (χ2v) is 15.4. The van der Waals surface area contributed by atoms with Gasteiger partial charge in [-0.25, -0.2) is 4.99 Å². The van der Waals surface area contributed by atoms with E-state index < -0.39 is 0 Å². The zero-order valence-electron chi connectivity index (χ0n) is 29.6. The highest BCUT2D eigenvalue weighted by atomic mass is 32.1. The van der Waals surface area contributed by atoms with Crippen molar-refractivity contribution in [2.45, 2.75) is 19.3 Å². The molecule has 0 spiro atoms. The molecule has 3 heteroatoms. The van der Waals surface area contributed by atoms with Gasteiger partial charge in [-0.3, -0.25) is 0 Å². The van der Waals surface area contributed by atoms with Crippen molar-refractivity contribution >= 4 is 71.1 Å². The van der Waals surface area contributed by atoms with Crippen LogP contribution in [-0.2, 0) is 5.41 Å². The molecule has 0 atom stereocenters. The van der Waals surface area contributed by atoms with Crippen molar-refractivity contribution in [1.82, 2.24) is 0 Å². The van der Waals surface area contributed by atoms with E-state index in [0.29, 0.717) is 0 Å². The highest BCUT2D eigenvalue weighted by molar-refractivity contribution is 7.20. The molecular formula is C50H35NOS. The fraction of sp³-hybridized carbons (Fsp3) is 0.0600. The van der Waals surface area contributed by atoms with Crippen molar-refractivity contribution in [2.75, 3.05) is 0 Å². The molecule has 53 heavy (non-hydrogen) atoms. The van der Waals surface area contributed by atoms with Gasteiger partial charge < -0.3 is 4.42 Å². The summed E-state index contributed by atoms with van der Waals surface area (Å²) in [5.41, 5.74) is 13.9. The molecule has 9 aromatic rings. The molecule has 2 nitrogen and oxygen atoms in total. The Labute approximate surface area is 312 Å². The maximum atomic E-state index is 6.94. The molecule has 252 valence electrons. The second-order valence-electron chi connectivity index (χ2n) is 14.4. The van der Waals surface area contributed by atoms with Crippen LogP contribution >= 0.6 is 11.3 Å². The fourth-order valence-electron chi connectivity index (χ4n) is 8.43. The van der Waals surface area contributed by atoms with E-state index in [9.17, 15) is 0 Å². The third-order valence-electron chi connectivity index (χ3n) is 11.1. The molecule has 7 aromatic carbocycles. The minimum absolute atomic E-state index is 0.0870. The standard InChI is InChI=1S/C50H35NOS/c1-5-43(51-47-38-21-12-14-25-45(38)53-49(47)30(2)31-16-7-6-8-17-31)40-29-44-46(37-20-10-9-18-34(37)40)39-23-15-22-33(48(39)52-44)32-26-27-36-35-19-11-13-24-41(35)50(3,4)42(36)28-32/h5-29H,1-2H2,3-4H3. The van der Waals surface area contributed by atoms with E-state index in [0.717, 1.165) is 82.2 Å². The summed E-state index contributed by atoms with van der Waals surface area (Å²) >= 11 is 1.73. The predicted molar refractivity (Wildman–Crippen MR) is 227 cm³/mol. The first-order valence-electron chi connectivity index (χ1n) is 18.0. The first-order chi connectivity index (χ1) is 25.9. The molecule has 0 bridgehead atoms. The summed E-state index contributed by atoms with van der Waals surface area (Å²) in [4.78, 5) is 6.48. The van der Waals surface area contributed by atoms with Crippen molar-refractivity contribution in [3.05, 3.63) is 192 Å². The number of rotatable bonds is 6. The van der Waals surface area contributed by atoms with Crippen LogP contribution in [0.25, 0.3) is 70.6 Å². The van der Waals surface area contributed by atoms with Crippen LogP contribution in [-0.4, -0.2) is 5.71 Å². The van der Waals surface area contributed by atoms with Crippen LogP contribution in [0.15, 0.2) is 174 Å². The number of thiophene rings is 1. The van der Waals surface area contributed by atoms with Crippen molar-refractivity contribution in [3.8, 4) is 22.3 Å². The van der Waals surface area contributed by atoms with Crippen molar-refractivity contribution in [3.63, 3.8) is 0 Å². The molecule has 2 heterocycles. The van der Waals surface area contributed by atoms with Crippen LogP contribution in [0.4, 0.5) is 5.69 Å². The summed E-state index contributed by atoms with van der Waals surface area (Å²) in [6, 6.07) is 51.8. The predicted octanol–water partition coefficient (Wildman–Crippen LogP) is 14.3. The monoisotopic (exact) mass is 697 g/mol. The molecule has 0 aliphatic heterocycles. The summed E-state index contributed by atoms with van der Waals surface area (Å²) in [5, 5.41) is 5.54. The van der Waals surface area contributed by atoms with Gasteiger partial charge in [0.1, 0.15) is 11.2 Å². The Kier molecular flexibility index (Phi) is 7.05. The van der Waals surface area contributed by atoms with E-state index in [1.54, 1.807) is 11.3 Å². The molecule has 1 aliphatic rings. The Balaban J connectivity index is 1.17. The molecule has 0 amide bonds. The molecule has 0 radical (unpaired) electrons. The average molecular weight is 698 g/mol. The van der Waals surface area contributed by atoms with Gasteiger partial charge in [0.15, 0.2) is 0 Å². The first kappa shape index (κ1) is 31.4. The van der Waals surface area contributed by atoms with Gasteiger partial charge in [0.2, 0.25) is 0 Å². The number of benzene rings is 7. The number of para-hydroxylation sites is 1. The minimum atomic E-state index is -0.0870. The smallest absolute Gasteiger partial charge is 0.143 e. The average Bonchev–Trinajstić information content (AvgIpc) is 3.84. The maximum absolute atomic E-state index is 6.94. The maximum Gasteiger partial charge on any atom is 0.143 e. The number of furan rings is 1. The van der Waals surface area contributed by atoms with E-state index in [1.165, 1.54) is 27.0 Å². The summed E-state index contributed by atoms with van der Waals surface area (Å²) in [6.07, 6.45) is 1.87. The van der Waals surface area contributed by atoms with Gasteiger partial charge in [-0.05, 0) is 74.0 Å². The van der Waals surface area contributed by atoms with Gasteiger partial charge >= 0.3 is 0 Å². The molecule has 0 saturated heterocycles. The van der Waals surface area contributed by atoms with Crippen molar-refractivity contribution in [2.24, 2.45) is 4.99 Å². The molecular weight excluding hydrogens is 663 g/mol. The third kappa shape index (κ3) is 4.74. The first-order valence-corrected chi connectivity index (χ1v) is 18.8. The van der Waals surface area contributed by atoms with Crippen LogP contribution in [0.2, 0.25) is 0 Å². The molecule has 0 unspecified atom stereocenters. The molecule has 0 fully saturated rings. The van der Waals surface area contributed by atoms with Gasteiger partial charge in [-0.1, -0.05) is 154 Å². The summed E-state index contributed by atoms with van der Waals surface area (Å²) in [7, 11) is 0. The SMILES string of the molecule is C=CC(=Nc1c(C(=C)c2ccccc2)sc2ccccc12)c1cc2oc3c(-c4ccc5c(c4)C(C)(C)c4ccccc4-5)cccc3c2c2ccccc12. The van der Waals surface area contributed by atoms with E-state index in [4.69, 9.17) is 9.41 Å². The van der Waals surface area contributed by atoms with Gasteiger partial charge in [0.25, 0.3) is 0 Å². The van der Waals surface area contributed by atoms with Gasteiger partial charge in [-0.15, -0.1) is 11.3 Å². The molecule has 10 rings (SSSR count). The molecule has 1 aliphatic carbocycles. The Bertz CT molecular complexity index is 3010. The Morgan fingerprint density at radius 3 is 2.17 bits per heavy atom. The van der Waals surface area contributed by atoms with Crippen LogP contribution in [0.3, 0.4) is 0 Å². The van der Waals surface area contributed by atoms with Gasteiger partial charge in [-0.2, -0.15) is 0 Å².